The number of nitrogens with one attached hydrogen (secondary N) is 2. The van der Waals surface area contributed by atoms with Crippen LogP contribution in [0.1, 0.15) is 12.7 Å². The van der Waals surface area contributed by atoms with Gasteiger partial charge < -0.3 is 20.3 Å². The highest BCUT2D eigenvalue weighted by Gasteiger charge is 2.05. The zero-order valence-electron chi connectivity index (χ0n) is 14.7. The molecular formula is C16H27N7O. The molecule has 2 aromatic heterocycles. The number of pyridine rings is 1. The molecule has 0 spiro atoms. The van der Waals surface area contributed by atoms with Crippen LogP contribution in [-0.2, 0) is 11.3 Å². The van der Waals surface area contributed by atoms with Crippen LogP contribution in [0.25, 0.3) is 5.65 Å². The van der Waals surface area contributed by atoms with E-state index >= 15 is 0 Å². The van der Waals surface area contributed by atoms with Crippen molar-refractivity contribution in [3.05, 3.63) is 30.2 Å². The number of nitrogens with zero attached hydrogens (tertiary/aromatic N) is 5. The standard InChI is InChI=1S/C16H27N7O/c1-4-17-16(18-8-10-22(2)11-12-24-3)19-13-15-21-20-14-7-5-6-9-23(14)15/h5-7,9H,4,8,10-13H2,1-3H3,(H2,17,18,19). The van der Waals surface area contributed by atoms with Gasteiger partial charge >= 0.3 is 0 Å². The molecule has 0 fully saturated rings. The van der Waals surface area contributed by atoms with E-state index in [0.29, 0.717) is 6.54 Å². The maximum Gasteiger partial charge on any atom is 0.191 e. The molecule has 0 amide bonds. The summed E-state index contributed by atoms with van der Waals surface area (Å²) < 4.78 is 7.03. The second kappa shape index (κ2) is 9.84. The van der Waals surface area contributed by atoms with Crippen LogP contribution in [0, 0.1) is 0 Å². The lowest BCUT2D eigenvalue weighted by molar-refractivity contribution is 0.162. The molecule has 0 aliphatic rings. The second-order valence-corrected chi connectivity index (χ2v) is 5.46. The van der Waals surface area contributed by atoms with Crippen molar-refractivity contribution in [2.75, 3.05) is 46.9 Å². The first-order valence-corrected chi connectivity index (χ1v) is 8.23. The Morgan fingerprint density at radius 3 is 2.96 bits per heavy atom. The zero-order valence-corrected chi connectivity index (χ0v) is 14.7. The van der Waals surface area contributed by atoms with E-state index in [4.69, 9.17) is 4.74 Å². The molecule has 0 aliphatic heterocycles. The van der Waals surface area contributed by atoms with Crippen molar-refractivity contribution in [1.29, 1.82) is 0 Å². The van der Waals surface area contributed by atoms with Gasteiger partial charge in [0.05, 0.1) is 6.61 Å². The van der Waals surface area contributed by atoms with Crippen LogP contribution >= 0.6 is 0 Å². The fraction of sp³-hybridized carbons (Fsp3) is 0.562. The van der Waals surface area contributed by atoms with Crippen LogP contribution in [0.3, 0.4) is 0 Å². The van der Waals surface area contributed by atoms with Gasteiger partial charge in [-0.15, -0.1) is 10.2 Å². The van der Waals surface area contributed by atoms with E-state index in [9.17, 15) is 0 Å². The Morgan fingerprint density at radius 1 is 1.29 bits per heavy atom. The molecule has 2 N–H and O–H groups in total. The molecule has 0 radical (unpaired) electrons. The van der Waals surface area contributed by atoms with Crippen molar-refractivity contribution in [3.8, 4) is 0 Å². The number of rotatable bonds is 9. The molecule has 0 bridgehead atoms. The van der Waals surface area contributed by atoms with E-state index in [1.165, 1.54) is 0 Å². The Kier molecular flexibility index (Phi) is 7.44. The molecule has 0 aromatic carbocycles. The molecule has 0 saturated carbocycles. The summed E-state index contributed by atoms with van der Waals surface area (Å²) in [6, 6.07) is 5.84. The minimum atomic E-state index is 0.472. The first-order valence-electron chi connectivity index (χ1n) is 8.23. The minimum absolute atomic E-state index is 0.472. The van der Waals surface area contributed by atoms with Crippen LogP contribution in [0.5, 0.6) is 0 Å². The molecule has 0 aliphatic carbocycles. The molecule has 2 aromatic rings. The predicted molar refractivity (Wildman–Crippen MR) is 95.2 cm³/mol. The summed E-state index contributed by atoms with van der Waals surface area (Å²) in [6.45, 7) is 6.72. The number of likely N-dealkylation sites (N-methyl/N-ethyl adjacent to an activating group) is 1. The van der Waals surface area contributed by atoms with Gasteiger partial charge in [0.1, 0.15) is 6.54 Å². The fourth-order valence-corrected chi connectivity index (χ4v) is 2.21. The number of hydrogen-bond donors (Lipinski definition) is 2. The van der Waals surface area contributed by atoms with Gasteiger partial charge in [0.2, 0.25) is 0 Å². The third-order valence-corrected chi connectivity index (χ3v) is 3.57. The summed E-state index contributed by atoms with van der Waals surface area (Å²) in [5.41, 5.74) is 0.834. The molecule has 24 heavy (non-hydrogen) atoms. The number of hydrogen-bond acceptors (Lipinski definition) is 5. The minimum Gasteiger partial charge on any atom is -0.383 e. The van der Waals surface area contributed by atoms with E-state index in [1.54, 1.807) is 7.11 Å². The van der Waals surface area contributed by atoms with Gasteiger partial charge in [0, 0.05) is 39.5 Å². The zero-order chi connectivity index (χ0) is 17.2. The molecular weight excluding hydrogens is 306 g/mol. The van der Waals surface area contributed by atoms with E-state index < -0.39 is 0 Å². The summed E-state index contributed by atoms with van der Waals surface area (Å²) in [7, 11) is 3.79. The van der Waals surface area contributed by atoms with Crippen LogP contribution in [0.4, 0.5) is 0 Å². The van der Waals surface area contributed by atoms with Crippen molar-refractivity contribution in [2.24, 2.45) is 4.99 Å². The molecule has 8 heteroatoms. The van der Waals surface area contributed by atoms with E-state index in [2.05, 4.69) is 37.8 Å². The maximum absolute atomic E-state index is 5.08. The fourth-order valence-electron chi connectivity index (χ4n) is 2.21. The summed E-state index contributed by atoms with van der Waals surface area (Å²) in [5.74, 6) is 1.60. The molecule has 0 saturated heterocycles. The predicted octanol–water partition coefficient (Wildman–Crippen LogP) is 0.363. The molecule has 0 atom stereocenters. The van der Waals surface area contributed by atoms with Crippen molar-refractivity contribution in [2.45, 2.75) is 13.5 Å². The van der Waals surface area contributed by atoms with Crippen molar-refractivity contribution in [1.82, 2.24) is 30.1 Å². The summed E-state index contributed by atoms with van der Waals surface area (Å²) in [5, 5.41) is 14.9. The van der Waals surface area contributed by atoms with E-state index in [1.807, 2.05) is 35.7 Å². The van der Waals surface area contributed by atoms with Crippen molar-refractivity contribution < 1.29 is 4.74 Å². The summed E-state index contributed by atoms with van der Waals surface area (Å²) in [6.07, 6.45) is 1.95. The monoisotopic (exact) mass is 333 g/mol. The van der Waals surface area contributed by atoms with Gasteiger partial charge in [0.15, 0.2) is 17.4 Å². The number of aliphatic imine (C=N–C) groups is 1. The van der Waals surface area contributed by atoms with Crippen LogP contribution in [0.15, 0.2) is 29.4 Å². The smallest absolute Gasteiger partial charge is 0.191 e. The number of fused-ring (bicyclic) bond motifs is 1. The largest absolute Gasteiger partial charge is 0.383 e. The summed E-state index contributed by atoms with van der Waals surface area (Å²) in [4.78, 5) is 6.81. The van der Waals surface area contributed by atoms with Crippen molar-refractivity contribution in [3.63, 3.8) is 0 Å². The Balaban J connectivity index is 1.88. The third-order valence-electron chi connectivity index (χ3n) is 3.57. The average molecular weight is 333 g/mol. The lowest BCUT2D eigenvalue weighted by Gasteiger charge is -2.17. The highest BCUT2D eigenvalue weighted by Crippen LogP contribution is 2.03. The van der Waals surface area contributed by atoms with Crippen LogP contribution in [-0.4, -0.2) is 72.4 Å². The molecule has 132 valence electrons. The maximum atomic E-state index is 5.08. The lowest BCUT2D eigenvalue weighted by atomic mass is 10.4. The van der Waals surface area contributed by atoms with Gasteiger partial charge in [-0.05, 0) is 26.1 Å². The van der Waals surface area contributed by atoms with Gasteiger partial charge in [-0.2, -0.15) is 0 Å². The number of aromatic nitrogens is 3. The van der Waals surface area contributed by atoms with Crippen LogP contribution in [0.2, 0.25) is 0 Å². The van der Waals surface area contributed by atoms with Gasteiger partial charge in [0.25, 0.3) is 0 Å². The Bertz CT molecular complexity index is 640. The SMILES string of the molecule is CCNC(=NCc1nnc2ccccn12)NCCN(C)CCOC. The Hall–Kier alpha value is -2.19. The van der Waals surface area contributed by atoms with E-state index in [0.717, 1.165) is 50.2 Å². The van der Waals surface area contributed by atoms with Gasteiger partial charge in [-0.1, -0.05) is 6.07 Å². The van der Waals surface area contributed by atoms with Crippen molar-refractivity contribution >= 4 is 11.6 Å². The number of guanidine groups is 1. The first-order chi connectivity index (χ1) is 11.7. The normalized spacial score (nSPS) is 12.1. The molecule has 8 nitrogen and oxygen atoms in total. The van der Waals surface area contributed by atoms with Crippen LogP contribution < -0.4 is 10.6 Å². The molecule has 2 rings (SSSR count). The Labute approximate surface area is 142 Å². The molecule has 2 heterocycles. The lowest BCUT2D eigenvalue weighted by Crippen LogP contribution is -2.41. The second-order valence-electron chi connectivity index (χ2n) is 5.46. The third kappa shape index (κ3) is 5.47. The van der Waals surface area contributed by atoms with E-state index in [-0.39, 0.29) is 0 Å². The molecule has 0 unspecified atom stereocenters. The highest BCUT2D eigenvalue weighted by molar-refractivity contribution is 5.79. The quantitative estimate of drug-likeness (QED) is 0.510. The average Bonchev–Trinajstić information content (AvgIpc) is 3.01. The summed E-state index contributed by atoms with van der Waals surface area (Å²) >= 11 is 0. The first kappa shape index (κ1) is 18.2. The Morgan fingerprint density at radius 2 is 2.17 bits per heavy atom. The van der Waals surface area contributed by atoms with Gasteiger partial charge in [-0.25, -0.2) is 4.99 Å². The number of methoxy groups -OCH3 is 1. The topological polar surface area (TPSA) is 79.1 Å². The highest BCUT2D eigenvalue weighted by atomic mass is 16.5. The van der Waals surface area contributed by atoms with Gasteiger partial charge in [-0.3, -0.25) is 4.40 Å². The number of ether oxygens (including phenoxy) is 1.